The highest BCUT2D eigenvalue weighted by atomic mass is 16.3. The van der Waals surface area contributed by atoms with Gasteiger partial charge in [-0.1, -0.05) is 37.3 Å². The lowest BCUT2D eigenvalue weighted by Gasteiger charge is -2.24. The molecule has 5 nitrogen and oxygen atoms in total. The molecule has 2 N–H and O–H groups in total. The largest absolute Gasteiger partial charge is 0.396 e. The van der Waals surface area contributed by atoms with Crippen molar-refractivity contribution >= 4 is 6.03 Å². The second-order valence-corrected chi connectivity index (χ2v) is 6.08. The third-order valence-electron chi connectivity index (χ3n) is 4.57. The summed E-state index contributed by atoms with van der Waals surface area (Å²) in [6.07, 6.45) is 1.69. The molecule has 0 saturated carbocycles. The zero-order valence-corrected chi connectivity index (χ0v) is 14.1. The topological polar surface area (TPSA) is 55.8 Å². The number of rotatable bonds is 6. The fourth-order valence-electron chi connectivity index (χ4n) is 3.08. The molecule has 1 aliphatic rings. The average Bonchev–Trinajstić information content (AvgIpc) is 2.84. The fraction of sp³-hybridized carbons (Fsp3) is 0.611. The third-order valence-corrected chi connectivity index (χ3v) is 4.57. The molecule has 2 rings (SSSR count). The highest BCUT2D eigenvalue weighted by molar-refractivity contribution is 5.74. The van der Waals surface area contributed by atoms with Gasteiger partial charge in [-0.15, -0.1) is 0 Å². The summed E-state index contributed by atoms with van der Waals surface area (Å²) in [6.45, 7) is 7.52. The molecule has 0 bridgehead atoms. The zero-order valence-electron chi connectivity index (χ0n) is 14.1. The second-order valence-electron chi connectivity index (χ2n) is 6.08. The van der Waals surface area contributed by atoms with E-state index in [0.29, 0.717) is 13.0 Å². The first-order valence-corrected chi connectivity index (χ1v) is 8.65. The Labute approximate surface area is 139 Å². The molecule has 1 aromatic carbocycles. The summed E-state index contributed by atoms with van der Waals surface area (Å²) in [5, 5.41) is 12.3. The number of carbonyl (C=O) groups excluding carboxylic acids is 1. The number of aliphatic hydroxyl groups is 1. The van der Waals surface area contributed by atoms with Crippen LogP contribution >= 0.6 is 0 Å². The van der Waals surface area contributed by atoms with E-state index in [2.05, 4.69) is 29.3 Å². The molecule has 0 aromatic heterocycles. The van der Waals surface area contributed by atoms with E-state index in [9.17, 15) is 9.90 Å². The molecule has 1 fully saturated rings. The van der Waals surface area contributed by atoms with Crippen molar-refractivity contribution in [2.24, 2.45) is 0 Å². The van der Waals surface area contributed by atoms with E-state index in [1.165, 1.54) is 0 Å². The number of carbonyl (C=O) groups is 1. The van der Waals surface area contributed by atoms with Gasteiger partial charge in [0.25, 0.3) is 0 Å². The van der Waals surface area contributed by atoms with E-state index in [0.717, 1.165) is 44.7 Å². The van der Waals surface area contributed by atoms with Gasteiger partial charge in [0.1, 0.15) is 0 Å². The number of likely N-dealkylation sites (N-methyl/N-ethyl adjacent to an activating group) is 1. The SMILES string of the molecule is CCN1CCCN(C(=O)NCC(CCO)c2ccccc2)CC1. The molecule has 1 aromatic rings. The van der Waals surface area contributed by atoms with Crippen molar-refractivity contribution in [3.8, 4) is 0 Å². The van der Waals surface area contributed by atoms with E-state index < -0.39 is 0 Å². The number of urea groups is 1. The highest BCUT2D eigenvalue weighted by Gasteiger charge is 2.19. The first-order valence-electron chi connectivity index (χ1n) is 8.65. The summed E-state index contributed by atoms with van der Waals surface area (Å²) >= 11 is 0. The van der Waals surface area contributed by atoms with Gasteiger partial charge in [-0.05, 0) is 31.5 Å². The number of hydrogen-bond donors (Lipinski definition) is 2. The van der Waals surface area contributed by atoms with Crippen molar-refractivity contribution in [3.05, 3.63) is 35.9 Å². The Morgan fingerprint density at radius 3 is 2.70 bits per heavy atom. The van der Waals surface area contributed by atoms with Gasteiger partial charge in [0.15, 0.2) is 0 Å². The van der Waals surface area contributed by atoms with Crippen molar-refractivity contribution in [1.82, 2.24) is 15.1 Å². The Kier molecular flexibility index (Phi) is 7.36. The molecule has 128 valence electrons. The van der Waals surface area contributed by atoms with Gasteiger partial charge in [-0.3, -0.25) is 0 Å². The summed E-state index contributed by atoms with van der Waals surface area (Å²) in [5.74, 6) is 0.157. The van der Waals surface area contributed by atoms with Gasteiger partial charge in [0.2, 0.25) is 0 Å². The standard InChI is InChI=1S/C18H29N3O2/c1-2-20-10-6-11-21(13-12-20)18(23)19-15-17(9-14-22)16-7-4-3-5-8-16/h3-5,7-8,17,22H,2,6,9-15H2,1H3,(H,19,23). The van der Waals surface area contributed by atoms with Crippen molar-refractivity contribution in [1.29, 1.82) is 0 Å². The van der Waals surface area contributed by atoms with E-state index in [4.69, 9.17) is 0 Å². The zero-order chi connectivity index (χ0) is 16.5. The van der Waals surface area contributed by atoms with Crippen LogP contribution in [-0.2, 0) is 0 Å². The van der Waals surface area contributed by atoms with Gasteiger partial charge in [0.05, 0.1) is 0 Å². The van der Waals surface area contributed by atoms with Crippen LogP contribution in [-0.4, -0.2) is 66.8 Å². The lowest BCUT2D eigenvalue weighted by molar-refractivity contribution is 0.196. The lowest BCUT2D eigenvalue weighted by atomic mass is 9.96. The molecule has 0 spiro atoms. The number of nitrogens with zero attached hydrogens (tertiary/aromatic N) is 2. The summed E-state index contributed by atoms with van der Waals surface area (Å²) in [7, 11) is 0. The first-order chi connectivity index (χ1) is 11.2. The number of benzene rings is 1. The van der Waals surface area contributed by atoms with E-state index in [-0.39, 0.29) is 18.6 Å². The van der Waals surface area contributed by atoms with E-state index >= 15 is 0 Å². The van der Waals surface area contributed by atoms with Gasteiger partial charge in [-0.2, -0.15) is 0 Å². The predicted molar refractivity (Wildman–Crippen MR) is 92.6 cm³/mol. The Bertz CT molecular complexity index is 467. The molecule has 1 heterocycles. The Morgan fingerprint density at radius 2 is 2.00 bits per heavy atom. The third kappa shape index (κ3) is 5.52. The van der Waals surface area contributed by atoms with Crippen molar-refractivity contribution in [2.75, 3.05) is 45.9 Å². The minimum absolute atomic E-state index is 0.0156. The molecule has 0 radical (unpaired) electrons. The van der Waals surface area contributed by atoms with Crippen LogP contribution in [0.4, 0.5) is 4.79 Å². The Hall–Kier alpha value is -1.59. The molecule has 1 atom stereocenters. The van der Waals surface area contributed by atoms with E-state index in [1.807, 2.05) is 23.1 Å². The summed E-state index contributed by atoms with van der Waals surface area (Å²) < 4.78 is 0. The van der Waals surface area contributed by atoms with Crippen LogP contribution in [0.25, 0.3) is 0 Å². The van der Waals surface area contributed by atoms with Gasteiger partial charge < -0.3 is 20.2 Å². The van der Waals surface area contributed by atoms with Crippen molar-refractivity contribution < 1.29 is 9.90 Å². The molecule has 0 aliphatic carbocycles. The number of hydrogen-bond acceptors (Lipinski definition) is 3. The number of aliphatic hydroxyl groups excluding tert-OH is 1. The molecule has 1 saturated heterocycles. The molecular weight excluding hydrogens is 290 g/mol. The average molecular weight is 319 g/mol. The lowest BCUT2D eigenvalue weighted by Crippen LogP contribution is -2.43. The Balaban J connectivity index is 1.86. The molecule has 23 heavy (non-hydrogen) atoms. The maximum absolute atomic E-state index is 12.4. The fourth-order valence-corrected chi connectivity index (χ4v) is 3.08. The quantitative estimate of drug-likeness (QED) is 0.842. The van der Waals surface area contributed by atoms with Crippen molar-refractivity contribution in [2.45, 2.75) is 25.7 Å². The van der Waals surface area contributed by atoms with Gasteiger partial charge >= 0.3 is 6.03 Å². The maximum Gasteiger partial charge on any atom is 0.317 e. The summed E-state index contributed by atoms with van der Waals surface area (Å²) in [6, 6.07) is 10.1. The van der Waals surface area contributed by atoms with Gasteiger partial charge in [-0.25, -0.2) is 4.79 Å². The number of amides is 2. The van der Waals surface area contributed by atoms with Crippen molar-refractivity contribution in [3.63, 3.8) is 0 Å². The van der Waals surface area contributed by atoms with Crippen LogP contribution < -0.4 is 5.32 Å². The van der Waals surface area contributed by atoms with E-state index in [1.54, 1.807) is 0 Å². The minimum atomic E-state index is 0.0156. The smallest absolute Gasteiger partial charge is 0.317 e. The van der Waals surface area contributed by atoms with Crippen LogP contribution in [0.5, 0.6) is 0 Å². The Morgan fingerprint density at radius 1 is 1.22 bits per heavy atom. The van der Waals surface area contributed by atoms with Crippen LogP contribution in [0.15, 0.2) is 30.3 Å². The number of nitrogens with one attached hydrogen (secondary N) is 1. The van der Waals surface area contributed by atoms with Crippen LogP contribution in [0.1, 0.15) is 31.2 Å². The summed E-state index contributed by atoms with van der Waals surface area (Å²) in [4.78, 5) is 16.7. The molecule has 1 aliphatic heterocycles. The maximum atomic E-state index is 12.4. The van der Waals surface area contributed by atoms with Gasteiger partial charge in [0, 0.05) is 38.7 Å². The molecular formula is C18H29N3O2. The van der Waals surface area contributed by atoms with Crippen LogP contribution in [0.2, 0.25) is 0 Å². The predicted octanol–water partition coefficient (Wildman–Crippen LogP) is 1.89. The molecule has 2 amide bonds. The molecule has 5 heteroatoms. The highest BCUT2D eigenvalue weighted by Crippen LogP contribution is 2.18. The second kappa shape index (κ2) is 9.53. The van der Waals surface area contributed by atoms with Crippen LogP contribution in [0.3, 0.4) is 0 Å². The minimum Gasteiger partial charge on any atom is -0.396 e. The monoisotopic (exact) mass is 319 g/mol. The normalized spacial score (nSPS) is 17.6. The molecule has 1 unspecified atom stereocenters. The summed E-state index contributed by atoms with van der Waals surface area (Å²) in [5.41, 5.74) is 1.16. The van der Waals surface area contributed by atoms with Crippen LogP contribution in [0, 0.1) is 0 Å². The first kappa shape index (κ1) is 17.8.